The molecule has 3 N–H and O–H groups in total. The topological polar surface area (TPSA) is 81.2 Å². The number of urea groups is 1. The molecule has 124 valence electrons. The zero-order chi connectivity index (χ0) is 17.0. The van der Waals surface area contributed by atoms with Crippen LogP contribution in [0.4, 0.5) is 23.7 Å². The molecule has 0 spiro atoms. The first kappa shape index (κ1) is 16.8. The van der Waals surface area contributed by atoms with E-state index in [9.17, 15) is 18.0 Å². The monoisotopic (exact) mass is 328 g/mol. The molecule has 2 rings (SSSR count). The summed E-state index contributed by atoms with van der Waals surface area (Å²) in [6, 6.07) is 7.72. The van der Waals surface area contributed by atoms with Gasteiger partial charge in [-0.15, -0.1) is 0 Å². The van der Waals surface area contributed by atoms with Crippen molar-refractivity contribution in [3.8, 4) is 11.3 Å². The number of carbonyl (C=O) groups excluding carboxylic acids is 1. The molecule has 1 unspecified atom stereocenters. The summed E-state index contributed by atoms with van der Waals surface area (Å²) in [7, 11) is 1.17. The Balaban J connectivity index is 1.95. The number of alkyl halides is 3. The Bertz CT molecular complexity index is 641. The molecule has 2 amide bonds. The second kappa shape index (κ2) is 6.69. The van der Waals surface area contributed by atoms with Crippen LogP contribution in [0.5, 0.6) is 0 Å². The van der Waals surface area contributed by atoms with Crippen LogP contribution >= 0.6 is 0 Å². The number of aliphatic hydroxyl groups excluding tert-OH is 1. The average molecular weight is 328 g/mol. The van der Waals surface area contributed by atoms with Crippen molar-refractivity contribution < 1.29 is 23.1 Å². The average Bonchev–Trinajstić information content (AvgIpc) is 3.01. The molecule has 2 aromatic rings. The van der Waals surface area contributed by atoms with Crippen LogP contribution < -0.4 is 5.32 Å². The third-order valence-corrected chi connectivity index (χ3v) is 3.12. The first-order valence-corrected chi connectivity index (χ1v) is 6.64. The van der Waals surface area contributed by atoms with Gasteiger partial charge in [0.05, 0.1) is 12.2 Å². The largest absolute Gasteiger partial charge is 0.416 e. The maximum atomic E-state index is 12.3. The number of rotatable bonds is 4. The number of nitrogens with zero attached hydrogens (tertiary/aromatic N) is 2. The van der Waals surface area contributed by atoms with Gasteiger partial charge in [-0.05, 0) is 23.8 Å². The molecule has 0 radical (unpaired) electrons. The number of hydrogen-bond donors (Lipinski definition) is 3. The molecular formula is C14H15F3N4O2. The SMILES string of the molecule is CN(CC(O)C(F)(F)F)C(=O)Nc1ccc(-c2ccn[nH]2)cc1. The number of halogens is 3. The van der Waals surface area contributed by atoms with E-state index in [1.807, 2.05) is 0 Å². The van der Waals surface area contributed by atoms with E-state index < -0.39 is 24.9 Å². The highest BCUT2D eigenvalue weighted by atomic mass is 19.4. The number of H-pyrrole nitrogens is 1. The summed E-state index contributed by atoms with van der Waals surface area (Å²) in [4.78, 5) is 12.6. The Hall–Kier alpha value is -2.55. The second-order valence-electron chi connectivity index (χ2n) is 4.92. The molecular weight excluding hydrogens is 313 g/mol. The van der Waals surface area contributed by atoms with Crippen molar-refractivity contribution in [1.29, 1.82) is 0 Å². The van der Waals surface area contributed by atoms with Gasteiger partial charge in [0, 0.05) is 18.9 Å². The summed E-state index contributed by atoms with van der Waals surface area (Å²) < 4.78 is 36.8. The van der Waals surface area contributed by atoms with Gasteiger partial charge < -0.3 is 15.3 Å². The molecule has 0 aliphatic heterocycles. The molecule has 0 bridgehead atoms. The first-order valence-electron chi connectivity index (χ1n) is 6.64. The lowest BCUT2D eigenvalue weighted by molar-refractivity contribution is -0.205. The van der Waals surface area contributed by atoms with Crippen molar-refractivity contribution in [3.63, 3.8) is 0 Å². The molecule has 9 heteroatoms. The first-order chi connectivity index (χ1) is 10.8. The molecule has 0 aliphatic carbocycles. The molecule has 1 heterocycles. The summed E-state index contributed by atoms with van der Waals surface area (Å²) in [6.45, 7) is -0.846. The van der Waals surface area contributed by atoms with Gasteiger partial charge in [0.1, 0.15) is 0 Å². The van der Waals surface area contributed by atoms with Crippen LogP contribution in [-0.4, -0.2) is 52.1 Å². The minimum absolute atomic E-state index is 0.423. The molecule has 0 fully saturated rings. The smallest absolute Gasteiger partial charge is 0.382 e. The van der Waals surface area contributed by atoms with E-state index in [0.29, 0.717) is 5.69 Å². The molecule has 6 nitrogen and oxygen atoms in total. The maximum absolute atomic E-state index is 12.3. The number of carbonyl (C=O) groups is 1. The lowest BCUT2D eigenvalue weighted by Crippen LogP contribution is -2.43. The van der Waals surface area contributed by atoms with E-state index in [4.69, 9.17) is 5.11 Å². The zero-order valence-corrected chi connectivity index (χ0v) is 12.1. The highest BCUT2D eigenvalue weighted by Crippen LogP contribution is 2.21. The Labute approximate surface area is 129 Å². The molecule has 23 heavy (non-hydrogen) atoms. The molecule has 1 atom stereocenters. The Morgan fingerprint density at radius 1 is 1.35 bits per heavy atom. The standard InChI is InChI=1S/C14H15F3N4O2/c1-21(8-12(22)14(15,16)17)13(23)19-10-4-2-9(3-5-10)11-6-7-18-20-11/h2-7,12,22H,8H2,1H3,(H,18,20)(H,19,23). The fraction of sp³-hybridized carbons (Fsp3) is 0.286. The second-order valence-corrected chi connectivity index (χ2v) is 4.92. The summed E-state index contributed by atoms with van der Waals surface area (Å²) >= 11 is 0. The van der Waals surface area contributed by atoms with Crippen molar-refractivity contribution in [1.82, 2.24) is 15.1 Å². The van der Waals surface area contributed by atoms with Crippen LogP contribution in [0.25, 0.3) is 11.3 Å². The van der Waals surface area contributed by atoms with Gasteiger partial charge in [-0.1, -0.05) is 12.1 Å². The van der Waals surface area contributed by atoms with E-state index in [0.717, 1.165) is 16.2 Å². The number of amides is 2. The van der Waals surface area contributed by atoms with Crippen molar-refractivity contribution >= 4 is 11.7 Å². The van der Waals surface area contributed by atoms with Crippen molar-refractivity contribution in [2.75, 3.05) is 18.9 Å². The van der Waals surface area contributed by atoms with Crippen LogP contribution in [0.3, 0.4) is 0 Å². The normalized spacial score (nSPS) is 12.7. The van der Waals surface area contributed by atoms with Gasteiger partial charge in [-0.3, -0.25) is 5.10 Å². The van der Waals surface area contributed by atoms with Crippen LogP contribution in [0, 0.1) is 0 Å². The quantitative estimate of drug-likeness (QED) is 0.806. The third kappa shape index (κ3) is 4.46. The van der Waals surface area contributed by atoms with E-state index in [1.54, 1.807) is 36.5 Å². The lowest BCUT2D eigenvalue weighted by Gasteiger charge is -2.22. The van der Waals surface area contributed by atoms with Crippen LogP contribution in [-0.2, 0) is 0 Å². The fourth-order valence-corrected chi connectivity index (χ4v) is 1.81. The predicted octanol–water partition coefficient (Wildman–Crippen LogP) is 2.46. The van der Waals surface area contributed by atoms with Crippen LogP contribution in [0.1, 0.15) is 0 Å². The van der Waals surface area contributed by atoms with Crippen molar-refractivity contribution in [2.24, 2.45) is 0 Å². The summed E-state index contributed by atoms with van der Waals surface area (Å²) in [6.07, 6.45) is -5.74. The van der Waals surface area contributed by atoms with E-state index in [1.165, 1.54) is 7.05 Å². The number of hydrogen-bond acceptors (Lipinski definition) is 3. The molecule has 0 saturated carbocycles. The number of anilines is 1. The predicted molar refractivity (Wildman–Crippen MR) is 77.7 cm³/mol. The minimum Gasteiger partial charge on any atom is -0.382 e. The van der Waals surface area contributed by atoms with Gasteiger partial charge in [0.2, 0.25) is 0 Å². The van der Waals surface area contributed by atoms with Gasteiger partial charge in [-0.25, -0.2) is 4.79 Å². The molecule has 1 aromatic heterocycles. The summed E-state index contributed by atoms with van der Waals surface area (Å²) in [5.74, 6) is 0. The van der Waals surface area contributed by atoms with Crippen molar-refractivity contribution in [3.05, 3.63) is 36.5 Å². The Morgan fingerprint density at radius 2 is 2.00 bits per heavy atom. The highest BCUT2D eigenvalue weighted by molar-refractivity contribution is 5.89. The van der Waals surface area contributed by atoms with Gasteiger partial charge in [0.15, 0.2) is 6.10 Å². The van der Waals surface area contributed by atoms with Crippen molar-refractivity contribution in [2.45, 2.75) is 12.3 Å². The van der Waals surface area contributed by atoms with E-state index in [2.05, 4.69) is 15.5 Å². The fourth-order valence-electron chi connectivity index (χ4n) is 1.81. The number of aromatic nitrogens is 2. The lowest BCUT2D eigenvalue weighted by atomic mass is 10.1. The van der Waals surface area contributed by atoms with Gasteiger partial charge in [0.25, 0.3) is 0 Å². The molecule has 0 aliphatic rings. The summed E-state index contributed by atoms with van der Waals surface area (Å²) in [5, 5.41) is 18.0. The number of nitrogens with one attached hydrogen (secondary N) is 2. The van der Waals surface area contributed by atoms with Crippen LogP contribution in [0.2, 0.25) is 0 Å². The van der Waals surface area contributed by atoms with Gasteiger partial charge >= 0.3 is 12.2 Å². The minimum atomic E-state index is -4.76. The molecule has 1 aromatic carbocycles. The van der Waals surface area contributed by atoms with Crippen LogP contribution in [0.15, 0.2) is 36.5 Å². The Kier molecular flexibility index (Phi) is 4.89. The third-order valence-electron chi connectivity index (χ3n) is 3.12. The van der Waals surface area contributed by atoms with E-state index >= 15 is 0 Å². The number of aliphatic hydroxyl groups is 1. The Morgan fingerprint density at radius 3 is 2.52 bits per heavy atom. The number of likely N-dealkylation sites (N-methyl/N-ethyl adjacent to an activating group) is 1. The highest BCUT2D eigenvalue weighted by Gasteiger charge is 2.39. The van der Waals surface area contributed by atoms with E-state index in [-0.39, 0.29) is 0 Å². The zero-order valence-electron chi connectivity index (χ0n) is 12.1. The number of benzene rings is 1. The number of aromatic amines is 1. The maximum Gasteiger partial charge on any atom is 0.416 e. The van der Waals surface area contributed by atoms with Gasteiger partial charge in [-0.2, -0.15) is 18.3 Å². The molecule has 0 saturated heterocycles. The summed E-state index contributed by atoms with van der Waals surface area (Å²) in [5.41, 5.74) is 2.07.